The minimum atomic E-state index is 0.0131. The molecule has 120 valence electrons. The highest BCUT2D eigenvalue weighted by atomic mass is 32.1. The van der Waals surface area contributed by atoms with E-state index in [0.717, 1.165) is 22.2 Å². The molecule has 1 N–H and O–H groups in total. The number of nitrogens with zero attached hydrogens (tertiary/aromatic N) is 4. The second kappa shape index (κ2) is 6.05. The summed E-state index contributed by atoms with van der Waals surface area (Å²) in [6, 6.07) is 14.2. The van der Waals surface area contributed by atoms with E-state index in [4.69, 9.17) is 12.2 Å². The molecule has 0 amide bonds. The third-order valence-electron chi connectivity index (χ3n) is 4.36. The highest BCUT2D eigenvalue weighted by molar-refractivity contribution is 7.80. The van der Waals surface area contributed by atoms with E-state index in [2.05, 4.69) is 43.1 Å². The summed E-state index contributed by atoms with van der Waals surface area (Å²) >= 11 is 5.50. The minimum Gasteiger partial charge on any atom is -0.352 e. The molecule has 0 aromatic carbocycles. The average Bonchev–Trinajstić information content (AvgIpc) is 3.22. The van der Waals surface area contributed by atoms with Crippen LogP contribution < -0.4 is 5.32 Å². The molecule has 4 rings (SSSR count). The molecular weight excluding hydrogens is 318 g/mol. The standard InChI is InChI=1S/C18H17N5S/c1-22-17(16(21-18(22)24)14-5-2-3-9-20-14)15-6-4-12-23(15)13-7-10-19-11-8-13/h2-12,16-17H,1H3,(H,21,24)/t16-,17+/m1/s1. The Morgan fingerprint density at radius 1 is 1.04 bits per heavy atom. The summed E-state index contributed by atoms with van der Waals surface area (Å²) in [6.07, 6.45) is 7.49. The van der Waals surface area contributed by atoms with E-state index in [-0.39, 0.29) is 12.1 Å². The monoisotopic (exact) mass is 335 g/mol. The Kier molecular flexibility index (Phi) is 3.74. The van der Waals surface area contributed by atoms with Crippen molar-refractivity contribution in [1.82, 2.24) is 24.8 Å². The Hall–Kier alpha value is -2.73. The number of likely N-dealkylation sites (N-methyl/N-ethyl adjacent to an activating group) is 1. The molecule has 0 aliphatic carbocycles. The third kappa shape index (κ3) is 2.45. The zero-order valence-electron chi connectivity index (χ0n) is 13.2. The first-order valence-electron chi connectivity index (χ1n) is 7.77. The van der Waals surface area contributed by atoms with Gasteiger partial charge in [-0.25, -0.2) is 0 Å². The molecule has 0 saturated carbocycles. The van der Waals surface area contributed by atoms with Crippen molar-refractivity contribution in [3.63, 3.8) is 0 Å². The number of aromatic nitrogens is 3. The summed E-state index contributed by atoms with van der Waals surface area (Å²) in [7, 11) is 2.02. The SMILES string of the molecule is CN1C(=S)N[C@H](c2ccccn2)[C@@H]1c1cccn1-c1ccncc1. The predicted molar refractivity (Wildman–Crippen MR) is 96.8 cm³/mol. The van der Waals surface area contributed by atoms with Crippen molar-refractivity contribution in [2.75, 3.05) is 7.05 Å². The van der Waals surface area contributed by atoms with Crippen LogP contribution in [0.25, 0.3) is 5.69 Å². The molecule has 0 bridgehead atoms. The Morgan fingerprint density at radius 3 is 2.62 bits per heavy atom. The first kappa shape index (κ1) is 14.8. The predicted octanol–water partition coefficient (Wildman–Crippen LogP) is 2.87. The second-order valence-electron chi connectivity index (χ2n) is 5.75. The van der Waals surface area contributed by atoms with Crippen LogP contribution in [0.15, 0.2) is 67.3 Å². The molecule has 4 heterocycles. The Bertz CT molecular complexity index is 846. The lowest BCUT2D eigenvalue weighted by molar-refractivity contribution is 0.357. The van der Waals surface area contributed by atoms with Crippen LogP contribution in [0, 0.1) is 0 Å². The van der Waals surface area contributed by atoms with Crippen molar-refractivity contribution in [1.29, 1.82) is 0 Å². The molecule has 6 heteroatoms. The van der Waals surface area contributed by atoms with Crippen LogP contribution in [-0.4, -0.2) is 31.6 Å². The van der Waals surface area contributed by atoms with E-state index in [9.17, 15) is 0 Å². The molecule has 1 saturated heterocycles. The lowest BCUT2D eigenvalue weighted by Gasteiger charge is -2.25. The molecule has 1 fully saturated rings. The van der Waals surface area contributed by atoms with Crippen LogP contribution in [0.2, 0.25) is 0 Å². The van der Waals surface area contributed by atoms with Gasteiger partial charge in [-0.2, -0.15) is 0 Å². The van der Waals surface area contributed by atoms with Gasteiger partial charge < -0.3 is 14.8 Å². The zero-order chi connectivity index (χ0) is 16.5. The summed E-state index contributed by atoms with van der Waals surface area (Å²) in [5.41, 5.74) is 3.22. The first-order chi connectivity index (χ1) is 11.8. The van der Waals surface area contributed by atoms with Crippen molar-refractivity contribution in [2.45, 2.75) is 12.1 Å². The van der Waals surface area contributed by atoms with Gasteiger partial charge >= 0.3 is 0 Å². The van der Waals surface area contributed by atoms with Crippen molar-refractivity contribution in [3.8, 4) is 5.69 Å². The van der Waals surface area contributed by atoms with Crippen LogP contribution >= 0.6 is 12.2 Å². The summed E-state index contributed by atoms with van der Waals surface area (Å²) < 4.78 is 2.17. The Balaban J connectivity index is 1.80. The smallest absolute Gasteiger partial charge is 0.169 e. The first-order valence-corrected chi connectivity index (χ1v) is 8.18. The van der Waals surface area contributed by atoms with Gasteiger partial charge in [0.1, 0.15) is 0 Å². The minimum absolute atomic E-state index is 0.0131. The quantitative estimate of drug-likeness (QED) is 0.746. The topological polar surface area (TPSA) is 46.0 Å². The van der Waals surface area contributed by atoms with Gasteiger partial charge in [-0.15, -0.1) is 0 Å². The van der Waals surface area contributed by atoms with E-state index < -0.39 is 0 Å². The van der Waals surface area contributed by atoms with Gasteiger partial charge in [0.2, 0.25) is 0 Å². The van der Waals surface area contributed by atoms with E-state index in [1.54, 1.807) is 12.4 Å². The van der Waals surface area contributed by atoms with E-state index in [0.29, 0.717) is 0 Å². The van der Waals surface area contributed by atoms with Crippen LogP contribution in [0.4, 0.5) is 0 Å². The van der Waals surface area contributed by atoms with Gasteiger partial charge in [0.15, 0.2) is 5.11 Å². The molecule has 1 aliphatic rings. The number of thiocarbonyl (C=S) groups is 1. The van der Waals surface area contributed by atoms with E-state index >= 15 is 0 Å². The van der Waals surface area contributed by atoms with Crippen LogP contribution in [0.1, 0.15) is 23.5 Å². The fraction of sp³-hybridized carbons (Fsp3) is 0.167. The van der Waals surface area contributed by atoms with Gasteiger partial charge in [-0.1, -0.05) is 6.07 Å². The molecule has 0 unspecified atom stereocenters. The molecule has 5 nitrogen and oxygen atoms in total. The normalized spacial score (nSPS) is 20.2. The molecule has 0 spiro atoms. The molecule has 0 radical (unpaired) electrons. The van der Waals surface area contributed by atoms with Crippen molar-refractivity contribution in [3.05, 3.63) is 78.6 Å². The van der Waals surface area contributed by atoms with Crippen molar-refractivity contribution in [2.24, 2.45) is 0 Å². The van der Waals surface area contributed by atoms with Crippen LogP contribution in [0.5, 0.6) is 0 Å². The van der Waals surface area contributed by atoms with E-state index in [1.165, 1.54) is 0 Å². The van der Waals surface area contributed by atoms with Crippen LogP contribution in [0.3, 0.4) is 0 Å². The van der Waals surface area contributed by atoms with Gasteiger partial charge in [0, 0.05) is 43.2 Å². The summed E-state index contributed by atoms with van der Waals surface area (Å²) in [6.45, 7) is 0. The molecule has 2 atom stereocenters. The fourth-order valence-corrected chi connectivity index (χ4v) is 3.44. The largest absolute Gasteiger partial charge is 0.352 e. The van der Waals surface area contributed by atoms with Gasteiger partial charge in [0.25, 0.3) is 0 Å². The highest BCUT2D eigenvalue weighted by Crippen LogP contribution is 2.38. The number of hydrogen-bond donors (Lipinski definition) is 1. The molecule has 3 aromatic heterocycles. The maximum atomic E-state index is 5.50. The van der Waals surface area contributed by atoms with Gasteiger partial charge in [-0.05, 0) is 48.6 Å². The van der Waals surface area contributed by atoms with Crippen LogP contribution in [-0.2, 0) is 0 Å². The average molecular weight is 335 g/mol. The molecule has 24 heavy (non-hydrogen) atoms. The molecular formula is C18H17N5S. The molecule has 3 aromatic rings. The van der Waals surface area contributed by atoms with Gasteiger partial charge in [-0.3, -0.25) is 9.97 Å². The van der Waals surface area contributed by atoms with Crippen molar-refractivity contribution >= 4 is 17.3 Å². The highest BCUT2D eigenvalue weighted by Gasteiger charge is 2.39. The van der Waals surface area contributed by atoms with Crippen molar-refractivity contribution < 1.29 is 0 Å². The van der Waals surface area contributed by atoms with E-state index in [1.807, 2.05) is 43.6 Å². The number of pyridine rings is 2. The zero-order valence-corrected chi connectivity index (χ0v) is 14.0. The summed E-state index contributed by atoms with van der Waals surface area (Å²) in [5.74, 6) is 0. The molecule has 1 aliphatic heterocycles. The van der Waals surface area contributed by atoms with Gasteiger partial charge in [0.05, 0.1) is 17.8 Å². The summed E-state index contributed by atoms with van der Waals surface area (Å²) in [5, 5.41) is 4.14. The number of hydrogen-bond acceptors (Lipinski definition) is 3. The Labute approximate surface area is 146 Å². The second-order valence-corrected chi connectivity index (χ2v) is 6.13. The lowest BCUT2D eigenvalue weighted by Crippen LogP contribution is -2.25. The lowest BCUT2D eigenvalue weighted by atomic mass is 10.0. The maximum Gasteiger partial charge on any atom is 0.169 e. The Morgan fingerprint density at radius 2 is 1.88 bits per heavy atom. The third-order valence-corrected chi connectivity index (χ3v) is 4.77. The summed E-state index contributed by atoms with van der Waals surface area (Å²) in [4.78, 5) is 10.7. The maximum absolute atomic E-state index is 5.50. The number of nitrogens with one attached hydrogen (secondary N) is 1. The number of rotatable bonds is 3. The fourth-order valence-electron chi connectivity index (χ4n) is 3.20.